The van der Waals surface area contributed by atoms with Crippen LogP contribution in [0.15, 0.2) is 41.6 Å². The molecule has 0 saturated heterocycles. The van der Waals surface area contributed by atoms with E-state index in [0.29, 0.717) is 11.5 Å². The number of carbonyl (C=O) groups is 2. The van der Waals surface area contributed by atoms with Gasteiger partial charge in [-0.2, -0.15) is 5.10 Å². The molecule has 0 aliphatic rings. The number of aromatic nitrogens is 1. The molecule has 2 rings (SSSR count). The van der Waals surface area contributed by atoms with Gasteiger partial charge in [-0.05, 0) is 37.6 Å². The first-order valence-corrected chi connectivity index (χ1v) is 8.14. The number of hydrogen-bond donors (Lipinski definition) is 2. The van der Waals surface area contributed by atoms with Crippen LogP contribution in [0.4, 0.5) is 11.5 Å². The Bertz CT molecular complexity index is 929. The van der Waals surface area contributed by atoms with Crippen molar-refractivity contribution in [2.75, 3.05) is 5.32 Å². The van der Waals surface area contributed by atoms with Gasteiger partial charge in [0.2, 0.25) is 5.91 Å². The highest BCUT2D eigenvalue weighted by molar-refractivity contribution is 6.34. The van der Waals surface area contributed by atoms with Crippen LogP contribution in [0.5, 0.6) is 0 Å². The van der Waals surface area contributed by atoms with E-state index in [1.165, 1.54) is 12.1 Å². The number of amides is 2. The molecule has 0 aliphatic carbocycles. The van der Waals surface area contributed by atoms with Crippen molar-refractivity contribution in [2.24, 2.45) is 5.10 Å². The number of hydrogen-bond acceptors (Lipinski definition) is 6. The molecule has 0 fully saturated rings. The summed E-state index contributed by atoms with van der Waals surface area (Å²) >= 11 is 5.89. The van der Waals surface area contributed by atoms with Crippen molar-refractivity contribution < 1.29 is 14.5 Å². The molecule has 1 heterocycles. The lowest BCUT2D eigenvalue weighted by Crippen LogP contribution is -2.22. The third-order valence-corrected chi connectivity index (χ3v) is 3.67. The van der Waals surface area contributed by atoms with Gasteiger partial charge in [0.1, 0.15) is 5.82 Å². The van der Waals surface area contributed by atoms with Gasteiger partial charge < -0.3 is 5.32 Å². The van der Waals surface area contributed by atoms with Gasteiger partial charge in [0.25, 0.3) is 11.6 Å². The number of benzene rings is 1. The molecule has 2 amide bonds. The molecule has 1 aromatic heterocycles. The summed E-state index contributed by atoms with van der Waals surface area (Å²) in [5.41, 5.74) is 3.39. The maximum absolute atomic E-state index is 12.1. The van der Waals surface area contributed by atoms with Crippen LogP contribution < -0.4 is 10.7 Å². The largest absolute Gasteiger partial charge is 0.310 e. The summed E-state index contributed by atoms with van der Waals surface area (Å²) in [5, 5.41) is 17.1. The van der Waals surface area contributed by atoms with Crippen LogP contribution in [0.25, 0.3) is 0 Å². The molecule has 10 heteroatoms. The molecule has 0 unspecified atom stereocenters. The van der Waals surface area contributed by atoms with Crippen LogP contribution in [0, 0.1) is 17.0 Å². The third kappa shape index (κ3) is 5.86. The average Bonchev–Trinajstić information content (AvgIpc) is 2.59. The molecule has 27 heavy (non-hydrogen) atoms. The second-order valence-corrected chi connectivity index (χ2v) is 6.06. The molecule has 0 saturated carbocycles. The Kier molecular flexibility index (Phi) is 6.56. The highest BCUT2D eigenvalue weighted by atomic mass is 35.5. The fourth-order valence-corrected chi connectivity index (χ4v) is 2.33. The van der Waals surface area contributed by atoms with E-state index in [-0.39, 0.29) is 28.6 Å². The summed E-state index contributed by atoms with van der Waals surface area (Å²) in [6, 6.07) is 7.01. The van der Waals surface area contributed by atoms with E-state index in [9.17, 15) is 19.7 Å². The lowest BCUT2D eigenvalue weighted by atomic mass is 10.2. The van der Waals surface area contributed by atoms with Crippen LogP contribution in [-0.2, 0) is 4.79 Å². The first-order chi connectivity index (χ1) is 12.8. The fraction of sp³-hybridized carbons (Fsp3) is 0.176. The Labute approximate surface area is 159 Å². The smallest absolute Gasteiger partial charge is 0.272 e. The third-order valence-electron chi connectivity index (χ3n) is 3.36. The van der Waals surface area contributed by atoms with Crippen LogP contribution in [0.3, 0.4) is 0 Å². The minimum Gasteiger partial charge on any atom is -0.310 e. The van der Waals surface area contributed by atoms with Crippen LogP contribution >= 0.6 is 11.6 Å². The van der Waals surface area contributed by atoms with Gasteiger partial charge in [0, 0.05) is 24.0 Å². The van der Waals surface area contributed by atoms with Gasteiger partial charge in [-0.1, -0.05) is 11.6 Å². The van der Waals surface area contributed by atoms with Crippen LogP contribution in [0.2, 0.25) is 5.02 Å². The zero-order valence-corrected chi connectivity index (χ0v) is 15.3. The number of non-ortho nitro benzene ring substituents is 1. The molecule has 9 nitrogen and oxygen atoms in total. The van der Waals surface area contributed by atoms with Crippen molar-refractivity contribution in [2.45, 2.75) is 20.3 Å². The van der Waals surface area contributed by atoms with E-state index in [0.717, 1.165) is 11.6 Å². The number of nitro benzene ring substituents is 1. The van der Waals surface area contributed by atoms with E-state index in [2.05, 4.69) is 20.8 Å². The lowest BCUT2D eigenvalue weighted by Gasteiger charge is -2.06. The molecule has 2 N–H and O–H groups in total. The number of nitro groups is 1. The van der Waals surface area contributed by atoms with Crippen molar-refractivity contribution in [3.63, 3.8) is 0 Å². The maximum Gasteiger partial charge on any atom is 0.272 e. The van der Waals surface area contributed by atoms with Crippen LogP contribution in [0.1, 0.15) is 29.3 Å². The van der Waals surface area contributed by atoms with Gasteiger partial charge in [0.15, 0.2) is 0 Å². The highest BCUT2D eigenvalue weighted by Crippen LogP contribution is 2.22. The summed E-state index contributed by atoms with van der Waals surface area (Å²) in [6.07, 6.45) is 1.53. The maximum atomic E-state index is 12.1. The number of rotatable bonds is 6. The van der Waals surface area contributed by atoms with Crippen molar-refractivity contribution in [3.8, 4) is 0 Å². The minimum atomic E-state index is -0.644. The molecule has 1 aromatic carbocycles. The van der Waals surface area contributed by atoms with E-state index >= 15 is 0 Å². The van der Waals surface area contributed by atoms with E-state index in [1.807, 2.05) is 6.92 Å². The number of hydrazone groups is 1. The van der Waals surface area contributed by atoms with Crippen molar-refractivity contribution >= 4 is 40.6 Å². The summed E-state index contributed by atoms with van der Waals surface area (Å²) in [4.78, 5) is 38.2. The summed E-state index contributed by atoms with van der Waals surface area (Å²) in [5.74, 6) is -0.554. The number of nitrogens with zero attached hydrogens (tertiary/aromatic N) is 3. The van der Waals surface area contributed by atoms with E-state index < -0.39 is 10.8 Å². The predicted molar refractivity (Wildman–Crippen MR) is 101 cm³/mol. The van der Waals surface area contributed by atoms with E-state index in [1.54, 1.807) is 25.3 Å². The topological polar surface area (TPSA) is 127 Å². The lowest BCUT2D eigenvalue weighted by molar-refractivity contribution is -0.384. The first kappa shape index (κ1) is 20.0. The van der Waals surface area contributed by atoms with Crippen molar-refractivity contribution in [1.29, 1.82) is 0 Å². The Morgan fingerprint density at radius 3 is 2.67 bits per heavy atom. The predicted octanol–water partition coefficient (Wildman–Crippen LogP) is 3.09. The Morgan fingerprint density at radius 1 is 1.30 bits per heavy atom. The van der Waals surface area contributed by atoms with Gasteiger partial charge in [-0.15, -0.1) is 0 Å². The molecule has 140 valence electrons. The van der Waals surface area contributed by atoms with Crippen molar-refractivity contribution in [3.05, 3.63) is 62.8 Å². The minimum absolute atomic E-state index is 0.0345. The molecule has 0 aliphatic heterocycles. The normalized spacial score (nSPS) is 11.0. The highest BCUT2D eigenvalue weighted by Gasteiger charge is 2.15. The molecule has 0 atom stereocenters. The Balaban J connectivity index is 1.95. The monoisotopic (exact) mass is 389 g/mol. The number of halogens is 1. The second kappa shape index (κ2) is 8.86. The van der Waals surface area contributed by atoms with Crippen LogP contribution in [-0.4, -0.2) is 27.4 Å². The van der Waals surface area contributed by atoms with E-state index in [4.69, 9.17) is 11.6 Å². The quantitative estimate of drug-likeness (QED) is 0.446. The van der Waals surface area contributed by atoms with Gasteiger partial charge in [-0.25, -0.2) is 10.4 Å². The molecular formula is C17H16ClN5O4. The molecule has 2 aromatic rings. The van der Waals surface area contributed by atoms with Crippen molar-refractivity contribution in [1.82, 2.24) is 10.4 Å². The summed E-state index contributed by atoms with van der Waals surface area (Å²) < 4.78 is 0. The Hall–Kier alpha value is -3.33. The number of aryl methyl sites for hydroxylation is 1. The molecule has 0 radical (unpaired) electrons. The van der Waals surface area contributed by atoms with Gasteiger partial charge in [0.05, 0.1) is 21.9 Å². The standard InChI is InChI=1S/C17H16ClN5O4/c1-10-5-6-19-15(7-10)20-16(24)8-11(2)21-22-17(25)13-4-3-12(23(26)27)9-14(13)18/h3-7,9H,8H2,1-2H3,(H,22,25)(H,19,20,24). The van der Waals surface area contributed by atoms with Gasteiger partial charge >= 0.3 is 0 Å². The van der Waals surface area contributed by atoms with Gasteiger partial charge in [-0.3, -0.25) is 19.7 Å². The zero-order valence-electron chi connectivity index (χ0n) is 14.5. The zero-order chi connectivity index (χ0) is 20.0. The molecule has 0 bridgehead atoms. The first-order valence-electron chi connectivity index (χ1n) is 7.76. The average molecular weight is 390 g/mol. The summed E-state index contributed by atoms with van der Waals surface area (Å²) in [6.45, 7) is 3.45. The second-order valence-electron chi connectivity index (χ2n) is 5.65. The number of carbonyl (C=O) groups excluding carboxylic acids is 2. The SMILES string of the molecule is CC(CC(=O)Nc1cc(C)ccn1)=NNC(=O)c1ccc([N+](=O)[O-])cc1Cl. The number of nitrogens with one attached hydrogen (secondary N) is 2. The molecular weight excluding hydrogens is 374 g/mol. The summed E-state index contributed by atoms with van der Waals surface area (Å²) in [7, 11) is 0. The number of anilines is 1. The molecule has 0 spiro atoms. The number of pyridine rings is 1. The Morgan fingerprint density at radius 2 is 2.04 bits per heavy atom. The fourth-order valence-electron chi connectivity index (χ4n) is 2.07.